The summed E-state index contributed by atoms with van der Waals surface area (Å²) in [5.41, 5.74) is 15.5. The summed E-state index contributed by atoms with van der Waals surface area (Å²) in [6.07, 6.45) is 3.96. The van der Waals surface area contributed by atoms with Crippen molar-refractivity contribution >= 4 is 11.4 Å². The van der Waals surface area contributed by atoms with Crippen LogP contribution in [-0.2, 0) is 11.2 Å². The van der Waals surface area contributed by atoms with Crippen molar-refractivity contribution in [1.82, 2.24) is 19.7 Å². The third kappa shape index (κ3) is 2.98. The monoisotopic (exact) mass is 288 g/mol. The molecule has 3 rings (SSSR count). The van der Waals surface area contributed by atoms with Crippen molar-refractivity contribution in [3.05, 3.63) is 30.4 Å². The first-order chi connectivity index (χ1) is 10.3. The van der Waals surface area contributed by atoms with Crippen molar-refractivity contribution in [2.45, 2.75) is 6.42 Å². The Hall–Kier alpha value is -2.12. The molecule has 1 fully saturated rings. The van der Waals surface area contributed by atoms with Crippen LogP contribution in [0, 0.1) is 0 Å². The Labute approximate surface area is 123 Å². The summed E-state index contributed by atoms with van der Waals surface area (Å²) in [5.74, 6) is 0. The Morgan fingerprint density at radius 1 is 1.14 bits per heavy atom. The van der Waals surface area contributed by atoms with Crippen LogP contribution in [0.4, 0.5) is 11.4 Å². The third-order valence-corrected chi connectivity index (χ3v) is 3.78. The molecule has 0 saturated carbocycles. The van der Waals surface area contributed by atoms with Gasteiger partial charge in [0.2, 0.25) is 0 Å². The molecule has 1 aromatic carbocycles. The largest absolute Gasteiger partial charge is 0.398 e. The average molecular weight is 288 g/mol. The maximum atomic E-state index is 6.15. The second-order valence-electron chi connectivity index (χ2n) is 5.12. The molecule has 1 aliphatic heterocycles. The van der Waals surface area contributed by atoms with Crippen molar-refractivity contribution in [3.63, 3.8) is 0 Å². The summed E-state index contributed by atoms with van der Waals surface area (Å²) in [4.78, 5) is 6.36. The highest BCUT2D eigenvalue weighted by molar-refractivity contribution is 5.70. The fourth-order valence-corrected chi connectivity index (χ4v) is 2.62. The lowest BCUT2D eigenvalue weighted by Crippen LogP contribution is -2.37. The maximum Gasteiger partial charge on any atom is 0.138 e. The van der Waals surface area contributed by atoms with Crippen LogP contribution in [0.5, 0.6) is 0 Å². The number of morpholine rings is 1. The number of nitrogens with zero attached hydrogens (tertiary/aromatic N) is 4. The van der Waals surface area contributed by atoms with Gasteiger partial charge in [-0.2, -0.15) is 5.10 Å². The molecule has 2 heterocycles. The molecule has 0 bridgehead atoms. The van der Waals surface area contributed by atoms with Gasteiger partial charge in [-0.1, -0.05) is 0 Å². The first-order valence-corrected chi connectivity index (χ1v) is 7.07. The lowest BCUT2D eigenvalue weighted by atomic mass is 10.0. The van der Waals surface area contributed by atoms with Crippen LogP contribution in [0.1, 0.15) is 5.56 Å². The summed E-state index contributed by atoms with van der Waals surface area (Å²) in [6.45, 7) is 4.44. The van der Waals surface area contributed by atoms with Crippen LogP contribution in [-0.4, -0.2) is 52.5 Å². The minimum absolute atomic E-state index is 0.659. The summed E-state index contributed by atoms with van der Waals surface area (Å²) in [5, 5.41) is 4.18. The minimum atomic E-state index is 0.659. The van der Waals surface area contributed by atoms with Gasteiger partial charge in [-0.25, -0.2) is 9.67 Å². The van der Waals surface area contributed by atoms with Crippen molar-refractivity contribution in [1.29, 1.82) is 0 Å². The van der Waals surface area contributed by atoms with Gasteiger partial charge in [0.15, 0.2) is 0 Å². The first-order valence-electron chi connectivity index (χ1n) is 7.07. The lowest BCUT2D eigenvalue weighted by molar-refractivity contribution is 0.0384. The van der Waals surface area contributed by atoms with Gasteiger partial charge in [-0.05, 0) is 18.6 Å². The number of aromatic nitrogens is 3. The van der Waals surface area contributed by atoms with E-state index < -0.39 is 0 Å². The van der Waals surface area contributed by atoms with E-state index >= 15 is 0 Å². The molecule has 0 atom stereocenters. The normalized spacial score (nSPS) is 16.2. The summed E-state index contributed by atoms with van der Waals surface area (Å²) in [6, 6.07) is 3.66. The zero-order valence-corrected chi connectivity index (χ0v) is 11.9. The van der Waals surface area contributed by atoms with Crippen LogP contribution in [0.25, 0.3) is 5.69 Å². The lowest BCUT2D eigenvalue weighted by Gasteiger charge is -2.27. The van der Waals surface area contributed by atoms with E-state index in [0.29, 0.717) is 5.69 Å². The number of nitrogen functional groups attached to an aromatic ring is 2. The molecule has 0 spiro atoms. The standard InChI is InChI=1S/C14H20N6O/c15-12-1-2-13(16)14(20-10-17-9-18-20)11(12)3-4-19-5-7-21-8-6-19/h1-2,9-10H,3-8,15-16H2. The average Bonchev–Trinajstić information content (AvgIpc) is 3.03. The molecule has 0 unspecified atom stereocenters. The van der Waals surface area contributed by atoms with Crippen molar-refractivity contribution in [2.75, 3.05) is 44.3 Å². The van der Waals surface area contributed by atoms with E-state index in [-0.39, 0.29) is 0 Å². The van der Waals surface area contributed by atoms with Gasteiger partial charge in [0.25, 0.3) is 0 Å². The number of hydrogen-bond acceptors (Lipinski definition) is 6. The fourth-order valence-electron chi connectivity index (χ4n) is 2.62. The number of rotatable bonds is 4. The van der Waals surface area contributed by atoms with Crippen LogP contribution < -0.4 is 11.5 Å². The smallest absolute Gasteiger partial charge is 0.138 e. The molecule has 4 N–H and O–H groups in total. The first kappa shape index (κ1) is 13.8. The molecule has 1 aromatic heterocycles. The van der Waals surface area contributed by atoms with Gasteiger partial charge in [-0.3, -0.25) is 4.90 Å². The van der Waals surface area contributed by atoms with E-state index in [4.69, 9.17) is 16.2 Å². The summed E-state index contributed by atoms with van der Waals surface area (Å²) in [7, 11) is 0. The van der Waals surface area contributed by atoms with Crippen molar-refractivity contribution in [3.8, 4) is 5.69 Å². The van der Waals surface area contributed by atoms with E-state index in [1.807, 2.05) is 12.1 Å². The minimum Gasteiger partial charge on any atom is -0.398 e. The van der Waals surface area contributed by atoms with Crippen LogP contribution in [0.2, 0.25) is 0 Å². The quantitative estimate of drug-likeness (QED) is 0.786. The molecule has 1 aliphatic rings. The van der Waals surface area contributed by atoms with Gasteiger partial charge in [0, 0.05) is 30.9 Å². The highest BCUT2D eigenvalue weighted by Gasteiger charge is 2.16. The predicted molar refractivity (Wildman–Crippen MR) is 81.1 cm³/mol. The van der Waals surface area contributed by atoms with Crippen molar-refractivity contribution < 1.29 is 4.74 Å². The Balaban J connectivity index is 1.84. The predicted octanol–water partition coefficient (Wildman–Crippen LogP) is 0.306. The van der Waals surface area contributed by atoms with Gasteiger partial charge in [0.05, 0.1) is 24.6 Å². The molecule has 0 radical (unpaired) electrons. The Kier molecular flexibility index (Phi) is 4.03. The fraction of sp³-hybridized carbons (Fsp3) is 0.429. The van der Waals surface area contributed by atoms with Crippen molar-refractivity contribution in [2.24, 2.45) is 0 Å². The number of benzene rings is 1. The molecule has 0 amide bonds. The zero-order chi connectivity index (χ0) is 14.7. The van der Waals surface area contributed by atoms with Crippen LogP contribution >= 0.6 is 0 Å². The van der Waals surface area contributed by atoms with E-state index in [0.717, 1.165) is 56.2 Å². The summed E-state index contributed by atoms with van der Waals surface area (Å²) >= 11 is 0. The van der Waals surface area contributed by atoms with Crippen LogP contribution in [0.15, 0.2) is 24.8 Å². The topological polar surface area (TPSA) is 95.2 Å². The molecule has 1 saturated heterocycles. The highest BCUT2D eigenvalue weighted by atomic mass is 16.5. The van der Waals surface area contributed by atoms with E-state index in [9.17, 15) is 0 Å². The van der Waals surface area contributed by atoms with E-state index in [2.05, 4.69) is 15.0 Å². The van der Waals surface area contributed by atoms with Crippen LogP contribution in [0.3, 0.4) is 0 Å². The molecule has 7 heteroatoms. The van der Waals surface area contributed by atoms with Gasteiger partial charge >= 0.3 is 0 Å². The molecule has 2 aromatic rings. The number of anilines is 2. The molecule has 0 aliphatic carbocycles. The number of ether oxygens (including phenoxy) is 1. The molecular weight excluding hydrogens is 268 g/mol. The van der Waals surface area contributed by atoms with Gasteiger partial charge < -0.3 is 16.2 Å². The third-order valence-electron chi connectivity index (χ3n) is 3.78. The zero-order valence-electron chi connectivity index (χ0n) is 11.9. The van der Waals surface area contributed by atoms with Gasteiger partial charge in [-0.15, -0.1) is 0 Å². The molecule has 7 nitrogen and oxygen atoms in total. The van der Waals surface area contributed by atoms with E-state index in [1.54, 1.807) is 11.0 Å². The molecular formula is C14H20N6O. The Morgan fingerprint density at radius 3 is 2.62 bits per heavy atom. The second-order valence-corrected chi connectivity index (χ2v) is 5.12. The van der Waals surface area contributed by atoms with E-state index in [1.165, 1.54) is 6.33 Å². The molecule has 112 valence electrons. The maximum absolute atomic E-state index is 6.15. The summed E-state index contributed by atoms with van der Waals surface area (Å²) < 4.78 is 7.05. The Bertz CT molecular complexity index is 592. The number of nitrogens with two attached hydrogens (primary N) is 2. The SMILES string of the molecule is Nc1ccc(N)c(-n2cncn2)c1CCN1CCOCC1. The van der Waals surface area contributed by atoms with Gasteiger partial charge in [0.1, 0.15) is 12.7 Å². The Morgan fingerprint density at radius 2 is 1.90 bits per heavy atom. The second kappa shape index (κ2) is 6.11. The molecule has 21 heavy (non-hydrogen) atoms. The number of hydrogen-bond donors (Lipinski definition) is 2. The highest BCUT2D eigenvalue weighted by Crippen LogP contribution is 2.27.